The van der Waals surface area contributed by atoms with Gasteiger partial charge in [-0.15, -0.1) is 0 Å². The molecule has 0 saturated carbocycles. The quantitative estimate of drug-likeness (QED) is 0.387. The van der Waals surface area contributed by atoms with Crippen LogP contribution >= 0.6 is 0 Å². The molecule has 152 valence electrons. The fraction of sp³-hybridized carbons (Fsp3) is 0.250. The number of para-hydroxylation sites is 1. The molecular formula is C24H23FN4O. The van der Waals surface area contributed by atoms with E-state index in [1.54, 1.807) is 6.07 Å². The van der Waals surface area contributed by atoms with Gasteiger partial charge in [0.2, 0.25) is 5.95 Å². The molecule has 5 nitrogen and oxygen atoms in total. The largest absolute Gasteiger partial charge is 0.354 e. The predicted molar refractivity (Wildman–Crippen MR) is 119 cm³/mol. The average molecular weight is 402 g/mol. The van der Waals surface area contributed by atoms with Crippen LogP contribution in [0, 0.1) is 5.95 Å². The van der Waals surface area contributed by atoms with Gasteiger partial charge < -0.3 is 9.47 Å². The van der Waals surface area contributed by atoms with E-state index in [1.165, 1.54) is 6.07 Å². The summed E-state index contributed by atoms with van der Waals surface area (Å²) in [5, 5.41) is 2.87. The molecule has 1 aliphatic rings. The standard InChI is InChI=1S/C24H23FN4O/c25-22-10-5-11-23(26-22)28-15-12-27(13-16-28)14-17-29-21-9-4-3-7-19(21)18-6-1-2-8-20(18)24(29)30/h1-11H,12-17H2. The number of hydrogen-bond acceptors (Lipinski definition) is 4. The summed E-state index contributed by atoms with van der Waals surface area (Å²) in [5.41, 5.74) is 1.04. The highest BCUT2D eigenvalue weighted by atomic mass is 19.1. The molecule has 1 fully saturated rings. The molecular weight excluding hydrogens is 379 g/mol. The summed E-state index contributed by atoms with van der Waals surface area (Å²) >= 11 is 0. The summed E-state index contributed by atoms with van der Waals surface area (Å²) in [4.78, 5) is 21.6. The highest BCUT2D eigenvalue weighted by Crippen LogP contribution is 2.22. The van der Waals surface area contributed by atoms with Gasteiger partial charge in [-0.1, -0.05) is 42.5 Å². The van der Waals surface area contributed by atoms with E-state index in [9.17, 15) is 9.18 Å². The second-order valence-corrected chi connectivity index (χ2v) is 7.67. The Morgan fingerprint density at radius 1 is 0.767 bits per heavy atom. The van der Waals surface area contributed by atoms with Crippen LogP contribution in [0.25, 0.3) is 21.7 Å². The molecule has 4 aromatic rings. The smallest absolute Gasteiger partial charge is 0.258 e. The molecule has 2 aromatic carbocycles. The van der Waals surface area contributed by atoms with Crippen molar-refractivity contribution in [2.45, 2.75) is 6.54 Å². The molecule has 0 spiro atoms. The van der Waals surface area contributed by atoms with E-state index in [4.69, 9.17) is 0 Å². The van der Waals surface area contributed by atoms with Crippen molar-refractivity contribution in [1.29, 1.82) is 0 Å². The maximum Gasteiger partial charge on any atom is 0.258 e. The molecule has 0 aliphatic carbocycles. The van der Waals surface area contributed by atoms with Gasteiger partial charge in [-0.2, -0.15) is 4.39 Å². The van der Waals surface area contributed by atoms with Crippen LogP contribution in [-0.2, 0) is 6.54 Å². The maximum absolute atomic E-state index is 13.4. The average Bonchev–Trinajstić information content (AvgIpc) is 2.79. The van der Waals surface area contributed by atoms with Gasteiger partial charge in [-0.25, -0.2) is 4.98 Å². The molecule has 5 rings (SSSR count). The van der Waals surface area contributed by atoms with E-state index in [0.29, 0.717) is 12.4 Å². The number of fused-ring (bicyclic) bond motifs is 3. The first-order chi connectivity index (χ1) is 14.7. The first-order valence-corrected chi connectivity index (χ1v) is 10.3. The van der Waals surface area contributed by atoms with Gasteiger partial charge in [0.15, 0.2) is 0 Å². The molecule has 0 unspecified atom stereocenters. The predicted octanol–water partition coefficient (Wildman–Crippen LogP) is 3.51. The molecule has 2 aromatic heterocycles. The molecule has 0 N–H and O–H groups in total. The summed E-state index contributed by atoms with van der Waals surface area (Å²) < 4.78 is 15.3. The molecule has 6 heteroatoms. The van der Waals surface area contributed by atoms with Crippen molar-refractivity contribution in [2.24, 2.45) is 0 Å². The number of aromatic nitrogens is 2. The fourth-order valence-electron chi connectivity index (χ4n) is 4.33. The van der Waals surface area contributed by atoms with Crippen molar-refractivity contribution in [1.82, 2.24) is 14.5 Å². The molecule has 1 aliphatic heterocycles. The molecule has 30 heavy (non-hydrogen) atoms. The van der Waals surface area contributed by atoms with Crippen LogP contribution in [0.2, 0.25) is 0 Å². The van der Waals surface area contributed by atoms with E-state index >= 15 is 0 Å². The van der Waals surface area contributed by atoms with Crippen molar-refractivity contribution >= 4 is 27.5 Å². The zero-order valence-electron chi connectivity index (χ0n) is 16.7. The first-order valence-electron chi connectivity index (χ1n) is 10.3. The highest BCUT2D eigenvalue weighted by molar-refractivity contribution is 6.05. The van der Waals surface area contributed by atoms with Crippen LogP contribution in [0.5, 0.6) is 0 Å². The van der Waals surface area contributed by atoms with Crippen molar-refractivity contribution in [3.8, 4) is 0 Å². The van der Waals surface area contributed by atoms with E-state index in [-0.39, 0.29) is 5.56 Å². The third-order valence-corrected chi connectivity index (χ3v) is 5.92. The molecule has 3 heterocycles. The van der Waals surface area contributed by atoms with E-state index in [1.807, 2.05) is 53.1 Å². The van der Waals surface area contributed by atoms with Crippen LogP contribution in [0.4, 0.5) is 10.2 Å². The van der Waals surface area contributed by atoms with Crippen molar-refractivity contribution in [2.75, 3.05) is 37.6 Å². The maximum atomic E-state index is 13.4. The first kappa shape index (κ1) is 18.8. The lowest BCUT2D eigenvalue weighted by molar-refractivity contribution is 0.248. The number of nitrogens with zero attached hydrogens (tertiary/aromatic N) is 4. The monoisotopic (exact) mass is 402 g/mol. The lowest BCUT2D eigenvalue weighted by atomic mass is 10.1. The number of rotatable bonds is 4. The molecule has 1 saturated heterocycles. The van der Waals surface area contributed by atoms with Crippen LogP contribution < -0.4 is 10.5 Å². The van der Waals surface area contributed by atoms with Gasteiger partial charge in [-0.3, -0.25) is 9.69 Å². The van der Waals surface area contributed by atoms with Crippen molar-refractivity contribution in [3.63, 3.8) is 0 Å². The van der Waals surface area contributed by atoms with Gasteiger partial charge in [0.05, 0.1) is 5.52 Å². The van der Waals surface area contributed by atoms with Crippen LogP contribution in [0.1, 0.15) is 0 Å². The topological polar surface area (TPSA) is 41.4 Å². The van der Waals surface area contributed by atoms with Crippen molar-refractivity contribution < 1.29 is 4.39 Å². The fourth-order valence-corrected chi connectivity index (χ4v) is 4.33. The van der Waals surface area contributed by atoms with Crippen LogP contribution in [-0.4, -0.2) is 47.2 Å². The summed E-state index contributed by atoms with van der Waals surface area (Å²) in [6.45, 7) is 4.75. The van der Waals surface area contributed by atoms with E-state index in [2.05, 4.69) is 20.9 Å². The summed E-state index contributed by atoms with van der Waals surface area (Å²) in [7, 11) is 0. The van der Waals surface area contributed by atoms with Gasteiger partial charge >= 0.3 is 0 Å². The Labute approximate surface area is 174 Å². The minimum Gasteiger partial charge on any atom is -0.354 e. The lowest BCUT2D eigenvalue weighted by Crippen LogP contribution is -2.47. The third-order valence-electron chi connectivity index (χ3n) is 5.92. The highest BCUT2D eigenvalue weighted by Gasteiger charge is 2.19. The number of piperazine rings is 1. The summed E-state index contributed by atoms with van der Waals surface area (Å²) in [6.07, 6.45) is 0. The molecule has 0 atom stereocenters. The van der Waals surface area contributed by atoms with Gasteiger partial charge in [0, 0.05) is 50.0 Å². The second-order valence-electron chi connectivity index (χ2n) is 7.67. The molecule has 0 radical (unpaired) electrons. The lowest BCUT2D eigenvalue weighted by Gasteiger charge is -2.35. The summed E-state index contributed by atoms with van der Waals surface area (Å²) in [6, 6.07) is 20.8. The van der Waals surface area contributed by atoms with Crippen LogP contribution in [0.3, 0.4) is 0 Å². The number of pyridine rings is 2. The number of benzene rings is 2. The van der Waals surface area contributed by atoms with Crippen molar-refractivity contribution in [3.05, 3.63) is 83.0 Å². The van der Waals surface area contributed by atoms with Gasteiger partial charge in [-0.05, 0) is 29.7 Å². The molecule has 0 amide bonds. The normalized spacial score (nSPS) is 15.2. The number of hydrogen-bond donors (Lipinski definition) is 0. The Morgan fingerprint density at radius 3 is 2.23 bits per heavy atom. The van der Waals surface area contributed by atoms with Gasteiger partial charge in [0.1, 0.15) is 5.82 Å². The zero-order valence-corrected chi connectivity index (χ0v) is 16.7. The van der Waals surface area contributed by atoms with Crippen LogP contribution in [0.15, 0.2) is 71.5 Å². The molecule has 0 bridgehead atoms. The third kappa shape index (κ3) is 3.44. The number of halogens is 1. The Balaban J connectivity index is 1.35. The van der Waals surface area contributed by atoms with Gasteiger partial charge in [0.25, 0.3) is 5.56 Å². The Morgan fingerprint density at radius 2 is 1.47 bits per heavy atom. The minimum atomic E-state index is -0.447. The zero-order chi connectivity index (χ0) is 20.5. The number of anilines is 1. The Kier molecular flexibility index (Phi) is 4.93. The SMILES string of the molecule is O=c1c2ccccc2c2ccccc2n1CCN1CCN(c2cccc(F)n2)CC1. The summed E-state index contributed by atoms with van der Waals surface area (Å²) in [5.74, 6) is 0.240. The van der Waals surface area contributed by atoms with E-state index in [0.717, 1.165) is 54.4 Å². The second kappa shape index (κ2) is 7.88. The Hall–Kier alpha value is -3.25. The Bertz CT molecular complexity index is 1260. The van der Waals surface area contributed by atoms with E-state index < -0.39 is 5.95 Å². The minimum absolute atomic E-state index is 0.0619.